The van der Waals surface area contributed by atoms with Gasteiger partial charge in [0.2, 0.25) is 11.8 Å². The fraction of sp³-hybridized carbons (Fsp3) is 0.667. The number of thiol groups is 1. The number of hydrogen-bond acceptors (Lipinski definition) is 4. The Hall–Kier alpha value is -1.44. The molecule has 0 saturated heterocycles. The van der Waals surface area contributed by atoms with Gasteiger partial charge in [-0.1, -0.05) is 0 Å². The Bertz CT molecular complexity index is 291. The number of unbranched alkanes of at least 4 members (excludes halogenated alkanes) is 1. The van der Waals surface area contributed by atoms with Crippen molar-refractivity contribution < 1.29 is 9.59 Å². The van der Waals surface area contributed by atoms with Crippen LogP contribution in [0.25, 0.3) is 0 Å². The fourth-order valence-corrected chi connectivity index (χ4v) is 1.35. The highest BCUT2D eigenvalue weighted by atomic mass is 32.1. The lowest BCUT2D eigenvalue weighted by Crippen LogP contribution is -2.45. The molecule has 7 nitrogen and oxygen atoms in total. The van der Waals surface area contributed by atoms with Crippen LogP contribution in [0.3, 0.4) is 0 Å². The van der Waals surface area contributed by atoms with Crippen LogP contribution in [0.15, 0.2) is 4.99 Å². The standard InChI is InChI=1S/C9H19N5O2S/c10-8(16)6(5-17)14-7(15)3-1-2-4-13-9(11)12/h6,17H,1-5H2,(H2,10,16)(H,14,15)(H4,11,12,13)/t6-/m1/s1. The maximum atomic E-state index is 11.4. The minimum Gasteiger partial charge on any atom is -0.370 e. The molecule has 1 atom stereocenters. The molecular weight excluding hydrogens is 242 g/mol. The molecule has 98 valence electrons. The first kappa shape index (κ1) is 15.6. The minimum absolute atomic E-state index is 0.0401. The summed E-state index contributed by atoms with van der Waals surface area (Å²) in [5.74, 6) is -0.588. The Kier molecular flexibility index (Phi) is 7.95. The van der Waals surface area contributed by atoms with Crippen molar-refractivity contribution in [2.75, 3.05) is 12.3 Å². The molecule has 2 amide bonds. The van der Waals surface area contributed by atoms with Gasteiger partial charge in [-0.2, -0.15) is 12.6 Å². The molecule has 0 aromatic carbocycles. The molecule has 0 spiro atoms. The summed E-state index contributed by atoms with van der Waals surface area (Å²) >= 11 is 3.92. The van der Waals surface area contributed by atoms with Crippen molar-refractivity contribution in [1.29, 1.82) is 0 Å². The third-order valence-electron chi connectivity index (χ3n) is 1.97. The van der Waals surface area contributed by atoms with Gasteiger partial charge in [0.15, 0.2) is 5.96 Å². The number of rotatable bonds is 8. The molecule has 0 bridgehead atoms. The van der Waals surface area contributed by atoms with Gasteiger partial charge in [-0.25, -0.2) is 0 Å². The van der Waals surface area contributed by atoms with E-state index < -0.39 is 11.9 Å². The first-order chi connectivity index (χ1) is 7.97. The molecular formula is C9H19N5O2S. The third-order valence-corrected chi connectivity index (χ3v) is 2.33. The lowest BCUT2D eigenvalue weighted by molar-refractivity contribution is -0.126. The summed E-state index contributed by atoms with van der Waals surface area (Å²) in [7, 11) is 0. The summed E-state index contributed by atoms with van der Waals surface area (Å²) in [6.07, 6.45) is 1.64. The maximum Gasteiger partial charge on any atom is 0.240 e. The predicted octanol–water partition coefficient (Wildman–Crippen LogP) is -1.67. The van der Waals surface area contributed by atoms with E-state index in [2.05, 4.69) is 22.9 Å². The Morgan fingerprint density at radius 1 is 1.24 bits per heavy atom. The van der Waals surface area contributed by atoms with Crippen molar-refractivity contribution in [3.63, 3.8) is 0 Å². The first-order valence-corrected chi connectivity index (χ1v) is 5.85. The van der Waals surface area contributed by atoms with Gasteiger partial charge < -0.3 is 22.5 Å². The van der Waals surface area contributed by atoms with Crippen molar-refractivity contribution >= 4 is 30.4 Å². The largest absolute Gasteiger partial charge is 0.370 e. The van der Waals surface area contributed by atoms with Gasteiger partial charge in [-0.15, -0.1) is 0 Å². The topological polar surface area (TPSA) is 137 Å². The normalized spacial score (nSPS) is 11.6. The quantitative estimate of drug-likeness (QED) is 0.154. The Morgan fingerprint density at radius 3 is 2.35 bits per heavy atom. The van der Waals surface area contributed by atoms with E-state index in [4.69, 9.17) is 17.2 Å². The summed E-state index contributed by atoms with van der Waals surface area (Å²) in [6, 6.07) is -0.719. The van der Waals surface area contributed by atoms with Crippen molar-refractivity contribution in [2.24, 2.45) is 22.2 Å². The number of carbonyl (C=O) groups is 2. The molecule has 0 aromatic heterocycles. The Balaban J connectivity index is 3.73. The molecule has 0 aliphatic heterocycles. The van der Waals surface area contributed by atoms with Crippen LogP contribution in [0.4, 0.5) is 0 Å². The van der Waals surface area contributed by atoms with Crippen LogP contribution in [0.2, 0.25) is 0 Å². The minimum atomic E-state index is -0.719. The SMILES string of the molecule is NC(=O)[C@@H](CS)NC(=O)CCCCN=C(N)N. The average Bonchev–Trinajstić information content (AvgIpc) is 2.24. The number of primary amides is 1. The second-order valence-electron chi connectivity index (χ2n) is 3.47. The van der Waals surface area contributed by atoms with Crippen molar-refractivity contribution in [1.82, 2.24) is 5.32 Å². The number of carbonyl (C=O) groups excluding carboxylic acids is 2. The van der Waals surface area contributed by atoms with E-state index in [0.29, 0.717) is 25.8 Å². The molecule has 0 unspecified atom stereocenters. The van der Waals surface area contributed by atoms with Gasteiger partial charge in [-0.05, 0) is 12.8 Å². The van der Waals surface area contributed by atoms with Crippen LogP contribution in [-0.4, -0.2) is 36.1 Å². The average molecular weight is 261 g/mol. The van der Waals surface area contributed by atoms with Crippen LogP contribution in [-0.2, 0) is 9.59 Å². The zero-order chi connectivity index (χ0) is 13.3. The summed E-state index contributed by atoms with van der Waals surface area (Å²) in [6.45, 7) is 0.488. The number of aliphatic imine (C=N–C) groups is 1. The molecule has 0 radical (unpaired) electrons. The van der Waals surface area contributed by atoms with E-state index in [9.17, 15) is 9.59 Å². The predicted molar refractivity (Wildman–Crippen MR) is 69.5 cm³/mol. The molecule has 8 heteroatoms. The maximum absolute atomic E-state index is 11.4. The molecule has 0 rings (SSSR count). The van der Waals surface area contributed by atoms with Crippen LogP contribution < -0.4 is 22.5 Å². The molecule has 0 aromatic rings. The van der Waals surface area contributed by atoms with Crippen LogP contribution >= 0.6 is 12.6 Å². The summed E-state index contributed by atoms with van der Waals surface area (Å²) in [5.41, 5.74) is 15.3. The smallest absolute Gasteiger partial charge is 0.240 e. The Morgan fingerprint density at radius 2 is 1.88 bits per heavy atom. The van der Waals surface area contributed by atoms with Gasteiger partial charge in [0.1, 0.15) is 6.04 Å². The second kappa shape index (κ2) is 8.68. The second-order valence-corrected chi connectivity index (χ2v) is 3.83. The van der Waals surface area contributed by atoms with Gasteiger partial charge >= 0.3 is 0 Å². The Labute approximate surface area is 106 Å². The van der Waals surface area contributed by atoms with Crippen LogP contribution in [0.1, 0.15) is 19.3 Å². The number of nitrogens with one attached hydrogen (secondary N) is 1. The van der Waals surface area contributed by atoms with Gasteiger partial charge in [0.05, 0.1) is 0 Å². The molecule has 0 fully saturated rings. The third kappa shape index (κ3) is 8.38. The van der Waals surface area contributed by atoms with Gasteiger partial charge in [0.25, 0.3) is 0 Å². The number of amides is 2. The molecule has 7 N–H and O–H groups in total. The zero-order valence-electron chi connectivity index (χ0n) is 9.56. The van der Waals surface area contributed by atoms with Crippen molar-refractivity contribution in [2.45, 2.75) is 25.3 Å². The molecule has 0 aliphatic carbocycles. The number of nitrogens with zero attached hydrogens (tertiary/aromatic N) is 1. The highest BCUT2D eigenvalue weighted by Gasteiger charge is 2.15. The van der Waals surface area contributed by atoms with E-state index in [1.54, 1.807) is 0 Å². The van der Waals surface area contributed by atoms with Crippen LogP contribution in [0, 0.1) is 0 Å². The lowest BCUT2D eigenvalue weighted by Gasteiger charge is -2.12. The molecule has 17 heavy (non-hydrogen) atoms. The molecule has 0 aliphatic rings. The van der Waals surface area contributed by atoms with E-state index >= 15 is 0 Å². The highest BCUT2D eigenvalue weighted by Crippen LogP contribution is 1.97. The molecule has 0 saturated carbocycles. The summed E-state index contributed by atoms with van der Waals surface area (Å²) in [5, 5.41) is 2.49. The van der Waals surface area contributed by atoms with Crippen LogP contribution in [0.5, 0.6) is 0 Å². The van der Waals surface area contributed by atoms with E-state index in [1.807, 2.05) is 0 Å². The van der Waals surface area contributed by atoms with E-state index in [-0.39, 0.29) is 17.6 Å². The number of hydrogen-bond donors (Lipinski definition) is 5. The van der Waals surface area contributed by atoms with Crippen molar-refractivity contribution in [3.8, 4) is 0 Å². The summed E-state index contributed by atoms with van der Waals surface area (Å²) in [4.78, 5) is 26.0. The van der Waals surface area contributed by atoms with Gasteiger partial charge in [0, 0.05) is 18.7 Å². The number of nitrogens with two attached hydrogens (primary N) is 3. The monoisotopic (exact) mass is 261 g/mol. The first-order valence-electron chi connectivity index (χ1n) is 5.22. The number of guanidine groups is 1. The van der Waals surface area contributed by atoms with Gasteiger partial charge in [-0.3, -0.25) is 14.6 Å². The zero-order valence-corrected chi connectivity index (χ0v) is 10.5. The highest BCUT2D eigenvalue weighted by molar-refractivity contribution is 7.80. The van der Waals surface area contributed by atoms with Crippen molar-refractivity contribution in [3.05, 3.63) is 0 Å². The molecule has 0 heterocycles. The fourth-order valence-electron chi connectivity index (χ4n) is 1.08. The lowest BCUT2D eigenvalue weighted by atomic mass is 10.2. The van der Waals surface area contributed by atoms with E-state index in [1.165, 1.54) is 0 Å². The summed E-state index contributed by atoms with van der Waals surface area (Å²) < 4.78 is 0. The van der Waals surface area contributed by atoms with E-state index in [0.717, 1.165) is 0 Å².